The third kappa shape index (κ3) is 2.97. The van der Waals surface area contributed by atoms with Crippen molar-refractivity contribution in [2.75, 3.05) is 27.2 Å². The van der Waals surface area contributed by atoms with Crippen LogP contribution in [0.15, 0.2) is 15.4 Å². The molecule has 2 rings (SSSR count). The summed E-state index contributed by atoms with van der Waals surface area (Å²) < 4.78 is 30.6. The normalized spacial score (nSPS) is 23.0. The van der Waals surface area contributed by atoms with Crippen LogP contribution in [-0.2, 0) is 10.0 Å². The van der Waals surface area contributed by atoms with Gasteiger partial charge in [-0.25, -0.2) is 12.7 Å². The Labute approximate surface area is 124 Å². The topological polar surface area (TPSA) is 91.1 Å². The standard InChI is InChI=1S/C13H20N2O5S/c1-9-11(21(18,19)14(3)4)7-10(20-9)12(16)15-6-5-13(2,17)8-15/h7,17H,5-6,8H2,1-4H3. The van der Waals surface area contributed by atoms with E-state index in [2.05, 4.69) is 0 Å². The van der Waals surface area contributed by atoms with E-state index in [1.807, 2.05) is 0 Å². The van der Waals surface area contributed by atoms with Crippen molar-refractivity contribution in [1.82, 2.24) is 9.21 Å². The average Bonchev–Trinajstić information content (AvgIpc) is 2.91. The number of hydrogen-bond acceptors (Lipinski definition) is 5. The molecule has 1 aromatic heterocycles. The Hall–Kier alpha value is -1.38. The highest BCUT2D eigenvalue weighted by atomic mass is 32.2. The summed E-state index contributed by atoms with van der Waals surface area (Å²) in [4.78, 5) is 13.8. The molecule has 1 atom stereocenters. The van der Waals surface area contributed by atoms with Crippen molar-refractivity contribution in [2.24, 2.45) is 0 Å². The van der Waals surface area contributed by atoms with E-state index in [1.54, 1.807) is 6.92 Å². The van der Waals surface area contributed by atoms with Crippen molar-refractivity contribution < 1.29 is 22.7 Å². The third-order valence-corrected chi connectivity index (χ3v) is 5.50. The highest BCUT2D eigenvalue weighted by Crippen LogP contribution is 2.26. The average molecular weight is 316 g/mol. The van der Waals surface area contributed by atoms with Crippen LogP contribution < -0.4 is 0 Å². The Morgan fingerprint density at radius 2 is 2.10 bits per heavy atom. The van der Waals surface area contributed by atoms with E-state index in [1.165, 1.54) is 32.0 Å². The van der Waals surface area contributed by atoms with Gasteiger partial charge in [0, 0.05) is 33.3 Å². The molecule has 2 heterocycles. The van der Waals surface area contributed by atoms with Gasteiger partial charge in [0.2, 0.25) is 10.0 Å². The molecule has 1 saturated heterocycles. The number of nitrogens with zero attached hydrogens (tertiary/aromatic N) is 2. The molecule has 1 fully saturated rings. The van der Waals surface area contributed by atoms with Gasteiger partial charge in [0.25, 0.3) is 5.91 Å². The maximum absolute atomic E-state index is 12.3. The SMILES string of the molecule is Cc1oc(C(=O)N2CCC(C)(O)C2)cc1S(=O)(=O)N(C)C. The molecule has 0 bridgehead atoms. The number of amides is 1. The Balaban J connectivity index is 2.30. The molecule has 0 aromatic carbocycles. The van der Waals surface area contributed by atoms with Gasteiger partial charge < -0.3 is 14.4 Å². The smallest absolute Gasteiger partial charge is 0.289 e. The molecule has 1 aliphatic heterocycles. The summed E-state index contributed by atoms with van der Waals surface area (Å²) in [6, 6.07) is 1.25. The summed E-state index contributed by atoms with van der Waals surface area (Å²) in [6.07, 6.45) is 0.487. The lowest BCUT2D eigenvalue weighted by molar-refractivity contribution is 0.0554. The summed E-state index contributed by atoms with van der Waals surface area (Å²) in [5.41, 5.74) is -0.907. The summed E-state index contributed by atoms with van der Waals surface area (Å²) in [7, 11) is -0.812. The first-order valence-corrected chi connectivity index (χ1v) is 8.03. The van der Waals surface area contributed by atoms with Crippen molar-refractivity contribution in [3.8, 4) is 0 Å². The first-order valence-electron chi connectivity index (χ1n) is 6.59. The van der Waals surface area contributed by atoms with Crippen LogP contribution in [0.5, 0.6) is 0 Å². The van der Waals surface area contributed by atoms with Crippen LogP contribution in [0.25, 0.3) is 0 Å². The number of carbonyl (C=O) groups is 1. The number of furan rings is 1. The van der Waals surface area contributed by atoms with E-state index < -0.39 is 21.5 Å². The second kappa shape index (κ2) is 5.11. The van der Waals surface area contributed by atoms with E-state index in [0.717, 1.165) is 4.31 Å². The van der Waals surface area contributed by atoms with Crippen LogP contribution in [0.3, 0.4) is 0 Å². The highest BCUT2D eigenvalue weighted by molar-refractivity contribution is 7.89. The van der Waals surface area contributed by atoms with Crippen molar-refractivity contribution in [1.29, 1.82) is 0 Å². The van der Waals surface area contributed by atoms with Crippen molar-refractivity contribution in [3.63, 3.8) is 0 Å². The highest BCUT2D eigenvalue weighted by Gasteiger charge is 2.36. The second-order valence-electron chi connectivity index (χ2n) is 5.79. The van der Waals surface area contributed by atoms with Gasteiger partial charge in [0.15, 0.2) is 5.76 Å². The number of rotatable bonds is 3. The van der Waals surface area contributed by atoms with E-state index in [9.17, 15) is 18.3 Å². The van der Waals surface area contributed by atoms with Gasteiger partial charge in [0.1, 0.15) is 10.7 Å². The second-order valence-corrected chi connectivity index (χ2v) is 7.91. The molecule has 0 radical (unpaired) electrons. The quantitative estimate of drug-likeness (QED) is 0.873. The van der Waals surface area contributed by atoms with Crippen molar-refractivity contribution in [2.45, 2.75) is 30.8 Å². The zero-order valence-electron chi connectivity index (χ0n) is 12.6. The molecule has 7 nitrogen and oxygen atoms in total. The number of aryl methyl sites for hydroxylation is 1. The minimum Gasteiger partial charge on any atom is -0.455 e. The molecular formula is C13H20N2O5S. The summed E-state index contributed by atoms with van der Waals surface area (Å²) in [6.45, 7) is 3.80. The number of aliphatic hydroxyl groups is 1. The zero-order valence-corrected chi connectivity index (χ0v) is 13.4. The Kier molecular flexibility index (Phi) is 3.90. The minimum atomic E-state index is -3.65. The predicted molar refractivity (Wildman–Crippen MR) is 75.5 cm³/mol. The number of β-amino-alcohol motifs (C(OH)–C–C–N with tert-alkyl or cyclic N) is 1. The fraction of sp³-hybridized carbons (Fsp3) is 0.615. The molecule has 1 aliphatic rings. The van der Waals surface area contributed by atoms with Crippen molar-refractivity contribution in [3.05, 3.63) is 17.6 Å². The molecule has 21 heavy (non-hydrogen) atoms. The minimum absolute atomic E-state index is 0.0122. The van der Waals surface area contributed by atoms with Gasteiger partial charge in [-0.05, 0) is 20.3 Å². The van der Waals surface area contributed by atoms with E-state index in [0.29, 0.717) is 13.0 Å². The van der Waals surface area contributed by atoms with Crippen LogP contribution in [-0.4, -0.2) is 61.4 Å². The number of carbonyl (C=O) groups excluding carboxylic acids is 1. The molecule has 118 valence electrons. The molecule has 0 spiro atoms. The Bertz CT molecular complexity index is 660. The monoisotopic (exact) mass is 316 g/mol. The molecule has 1 aromatic rings. The lowest BCUT2D eigenvalue weighted by atomic mass is 10.1. The Morgan fingerprint density at radius 3 is 2.57 bits per heavy atom. The summed E-state index contributed by atoms with van der Waals surface area (Å²) >= 11 is 0. The fourth-order valence-corrected chi connectivity index (χ4v) is 3.35. The maximum atomic E-state index is 12.3. The van der Waals surface area contributed by atoms with Crippen LogP contribution >= 0.6 is 0 Å². The van der Waals surface area contributed by atoms with Crippen LogP contribution in [0.2, 0.25) is 0 Å². The molecule has 1 unspecified atom stereocenters. The van der Waals surface area contributed by atoms with Gasteiger partial charge in [-0.2, -0.15) is 0 Å². The van der Waals surface area contributed by atoms with E-state index in [4.69, 9.17) is 4.42 Å². The predicted octanol–water partition coefficient (Wildman–Crippen LogP) is 0.435. The van der Waals surface area contributed by atoms with Gasteiger partial charge in [0.05, 0.1) is 5.60 Å². The largest absolute Gasteiger partial charge is 0.455 e. The van der Waals surface area contributed by atoms with Crippen LogP contribution in [0.1, 0.15) is 29.7 Å². The molecule has 8 heteroatoms. The Morgan fingerprint density at radius 1 is 1.48 bits per heavy atom. The van der Waals surface area contributed by atoms with Gasteiger partial charge >= 0.3 is 0 Å². The van der Waals surface area contributed by atoms with Gasteiger partial charge in [-0.1, -0.05) is 0 Å². The molecule has 1 N–H and O–H groups in total. The zero-order chi connectivity index (χ0) is 16.0. The fourth-order valence-electron chi connectivity index (χ4n) is 2.30. The van der Waals surface area contributed by atoms with Gasteiger partial charge in [-0.3, -0.25) is 4.79 Å². The first-order chi connectivity index (χ1) is 9.54. The molecular weight excluding hydrogens is 296 g/mol. The van der Waals surface area contributed by atoms with Crippen molar-refractivity contribution >= 4 is 15.9 Å². The maximum Gasteiger partial charge on any atom is 0.289 e. The van der Waals surface area contributed by atoms with Crippen LogP contribution in [0.4, 0.5) is 0 Å². The summed E-state index contributed by atoms with van der Waals surface area (Å²) in [5.74, 6) is -0.250. The molecule has 0 saturated carbocycles. The third-order valence-electron chi connectivity index (χ3n) is 3.58. The number of sulfonamides is 1. The van der Waals surface area contributed by atoms with Crippen LogP contribution in [0, 0.1) is 6.92 Å². The van der Waals surface area contributed by atoms with E-state index >= 15 is 0 Å². The van der Waals surface area contributed by atoms with E-state index in [-0.39, 0.29) is 23.0 Å². The molecule has 0 aliphatic carbocycles. The summed E-state index contributed by atoms with van der Waals surface area (Å²) in [5, 5.41) is 9.90. The number of hydrogen-bond donors (Lipinski definition) is 1. The first kappa shape index (κ1) is 16.0. The van der Waals surface area contributed by atoms with Gasteiger partial charge in [-0.15, -0.1) is 0 Å². The molecule has 1 amide bonds. The lowest BCUT2D eigenvalue weighted by Gasteiger charge is -2.17. The number of likely N-dealkylation sites (tertiary alicyclic amines) is 1. The lowest BCUT2D eigenvalue weighted by Crippen LogP contribution is -2.33.